The maximum atomic E-state index is 11.0. The van der Waals surface area contributed by atoms with Crippen LogP contribution in [-0.4, -0.2) is 74.2 Å². The Hall–Kier alpha value is -1.71. The predicted octanol–water partition coefficient (Wildman–Crippen LogP) is -1.77. The molecule has 0 aliphatic carbocycles. The Kier molecular flexibility index (Phi) is 6.53. The topological polar surface area (TPSA) is 150 Å². The van der Waals surface area contributed by atoms with Crippen molar-refractivity contribution in [2.45, 2.75) is 24.4 Å². The lowest BCUT2D eigenvalue weighted by atomic mass is 10.0. The van der Waals surface area contributed by atoms with Crippen LogP contribution >= 0.6 is 0 Å². The molecule has 118 valence electrons. The first-order chi connectivity index (χ1) is 9.88. The highest BCUT2D eigenvalue weighted by molar-refractivity contribution is 5.94. The van der Waals surface area contributed by atoms with Gasteiger partial charge in [0.05, 0.1) is 18.3 Å². The molecule has 0 fully saturated rings. The average molecular weight is 301 g/mol. The number of hydrogen-bond donors (Lipinski definition) is 7. The van der Waals surface area contributed by atoms with Crippen molar-refractivity contribution in [3.8, 4) is 0 Å². The van der Waals surface area contributed by atoms with Crippen LogP contribution in [0.2, 0.25) is 0 Å². The van der Waals surface area contributed by atoms with Crippen molar-refractivity contribution in [3.05, 3.63) is 29.8 Å². The molecule has 0 aliphatic heterocycles. The van der Waals surface area contributed by atoms with Crippen molar-refractivity contribution in [2.75, 3.05) is 18.5 Å². The molecule has 8 heteroatoms. The molecule has 21 heavy (non-hydrogen) atoms. The normalized spacial score (nSPS) is 16.8. The van der Waals surface area contributed by atoms with Crippen molar-refractivity contribution in [2.24, 2.45) is 0 Å². The zero-order valence-corrected chi connectivity index (χ0v) is 11.1. The minimum absolute atomic E-state index is 0.00451. The summed E-state index contributed by atoms with van der Waals surface area (Å²) >= 11 is 0. The lowest BCUT2D eigenvalue weighted by Crippen LogP contribution is -2.48. The molecule has 0 spiro atoms. The fourth-order valence-electron chi connectivity index (χ4n) is 1.72. The summed E-state index contributed by atoms with van der Waals surface area (Å²) in [5.74, 6) is -1.15. The Morgan fingerprint density at radius 3 is 2.19 bits per heavy atom. The zero-order chi connectivity index (χ0) is 16.0. The summed E-state index contributed by atoms with van der Waals surface area (Å²) in [6.45, 7) is -1.01. The van der Waals surface area contributed by atoms with Crippen LogP contribution < -0.4 is 5.32 Å². The lowest BCUT2D eigenvalue weighted by molar-refractivity contribution is -0.111. The van der Waals surface area contributed by atoms with Gasteiger partial charge in [0.15, 0.2) is 0 Å². The number of aliphatic hydroxyl groups excluding tert-OH is 5. The van der Waals surface area contributed by atoms with E-state index in [9.17, 15) is 25.2 Å². The molecule has 0 amide bonds. The van der Waals surface area contributed by atoms with Gasteiger partial charge in [0.2, 0.25) is 0 Å². The Labute approximate surface area is 120 Å². The monoisotopic (exact) mass is 301 g/mol. The third kappa shape index (κ3) is 4.66. The molecular formula is C13H19NO7. The summed E-state index contributed by atoms with van der Waals surface area (Å²) in [6.07, 6.45) is -6.47. The van der Waals surface area contributed by atoms with E-state index in [0.29, 0.717) is 0 Å². The van der Waals surface area contributed by atoms with E-state index in [-0.39, 0.29) is 17.8 Å². The first-order valence-corrected chi connectivity index (χ1v) is 6.27. The fraction of sp³-hybridized carbons (Fsp3) is 0.462. The minimum atomic E-state index is -1.72. The highest BCUT2D eigenvalue weighted by Crippen LogP contribution is 2.15. The van der Waals surface area contributed by atoms with Crippen LogP contribution in [0.1, 0.15) is 10.4 Å². The summed E-state index contributed by atoms with van der Waals surface area (Å²) in [7, 11) is 0. The van der Waals surface area contributed by atoms with Crippen molar-refractivity contribution >= 4 is 11.7 Å². The number of benzene rings is 1. The number of rotatable bonds is 8. The van der Waals surface area contributed by atoms with E-state index >= 15 is 0 Å². The molecule has 1 aromatic rings. The molecule has 4 atom stereocenters. The molecule has 1 aromatic carbocycles. The minimum Gasteiger partial charge on any atom is -0.478 e. The standard InChI is InChI=1S/C13H19NO7/c15-6-10(17)12(19)11(18)9(16)5-14-8-4-2-1-3-7(8)13(20)21/h1-4,9-12,14-19H,5-6H2,(H,20,21)/t9-,10-,11+,12+/m1/s1. The molecule has 0 bridgehead atoms. The highest BCUT2D eigenvalue weighted by Gasteiger charge is 2.29. The van der Waals surface area contributed by atoms with E-state index < -0.39 is 37.0 Å². The van der Waals surface area contributed by atoms with Crippen LogP contribution in [0.3, 0.4) is 0 Å². The van der Waals surface area contributed by atoms with Gasteiger partial charge in [-0.25, -0.2) is 4.79 Å². The summed E-state index contributed by atoms with van der Waals surface area (Å²) in [5.41, 5.74) is 0.239. The first kappa shape index (κ1) is 17.3. The van der Waals surface area contributed by atoms with Crippen LogP contribution in [0.25, 0.3) is 0 Å². The van der Waals surface area contributed by atoms with E-state index in [1.807, 2.05) is 0 Å². The van der Waals surface area contributed by atoms with Crippen LogP contribution in [0.4, 0.5) is 5.69 Å². The van der Waals surface area contributed by atoms with Crippen LogP contribution in [0, 0.1) is 0 Å². The van der Waals surface area contributed by atoms with Crippen LogP contribution in [0.5, 0.6) is 0 Å². The molecule has 0 aromatic heterocycles. The number of aromatic carboxylic acids is 1. The second-order valence-electron chi connectivity index (χ2n) is 4.53. The van der Waals surface area contributed by atoms with Crippen LogP contribution in [-0.2, 0) is 0 Å². The van der Waals surface area contributed by atoms with Gasteiger partial charge in [0, 0.05) is 12.2 Å². The smallest absolute Gasteiger partial charge is 0.337 e. The number of para-hydroxylation sites is 1. The molecule has 1 rings (SSSR count). The lowest BCUT2D eigenvalue weighted by Gasteiger charge is -2.26. The van der Waals surface area contributed by atoms with E-state index in [1.165, 1.54) is 12.1 Å². The highest BCUT2D eigenvalue weighted by atomic mass is 16.4. The number of carbonyl (C=O) groups is 1. The van der Waals surface area contributed by atoms with Gasteiger partial charge in [-0.05, 0) is 12.1 Å². The summed E-state index contributed by atoms with van der Waals surface area (Å²) in [5, 5.41) is 58.2. The zero-order valence-electron chi connectivity index (χ0n) is 11.1. The molecule has 8 nitrogen and oxygen atoms in total. The largest absolute Gasteiger partial charge is 0.478 e. The molecule has 0 unspecified atom stereocenters. The van der Waals surface area contributed by atoms with E-state index in [0.717, 1.165) is 0 Å². The van der Waals surface area contributed by atoms with Gasteiger partial charge in [-0.3, -0.25) is 0 Å². The Bertz CT molecular complexity index is 468. The maximum absolute atomic E-state index is 11.0. The Morgan fingerprint density at radius 1 is 1.05 bits per heavy atom. The number of carboxylic acids is 1. The average Bonchev–Trinajstić information content (AvgIpc) is 2.50. The van der Waals surface area contributed by atoms with Crippen molar-refractivity contribution in [1.29, 1.82) is 0 Å². The molecule has 0 saturated heterocycles. The molecule has 7 N–H and O–H groups in total. The predicted molar refractivity (Wildman–Crippen MR) is 73.0 cm³/mol. The van der Waals surface area contributed by atoms with Gasteiger partial charge in [0.25, 0.3) is 0 Å². The Morgan fingerprint density at radius 2 is 1.62 bits per heavy atom. The second kappa shape index (κ2) is 7.91. The van der Waals surface area contributed by atoms with E-state index in [4.69, 9.17) is 10.2 Å². The number of anilines is 1. The first-order valence-electron chi connectivity index (χ1n) is 6.27. The van der Waals surface area contributed by atoms with Crippen LogP contribution in [0.15, 0.2) is 24.3 Å². The third-order valence-corrected chi connectivity index (χ3v) is 2.98. The third-order valence-electron chi connectivity index (χ3n) is 2.98. The van der Waals surface area contributed by atoms with Crippen molar-refractivity contribution < 1.29 is 35.4 Å². The quantitative estimate of drug-likeness (QED) is 0.298. The van der Waals surface area contributed by atoms with Crippen molar-refractivity contribution in [1.82, 2.24) is 0 Å². The SMILES string of the molecule is O=C(O)c1ccccc1NC[C@@H](O)[C@H](O)[C@@H](O)[C@H](O)CO. The molecular weight excluding hydrogens is 282 g/mol. The van der Waals surface area contributed by atoms with Gasteiger partial charge >= 0.3 is 5.97 Å². The second-order valence-corrected chi connectivity index (χ2v) is 4.53. The van der Waals surface area contributed by atoms with Gasteiger partial charge < -0.3 is 36.0 Å². The van der Waals surface area contributed by atoms with Crippen molar-refractivity contribution in [3.63, 3.8) is 0 Å². The Balaban J connectivity index is 2.65. The van der Waals surface area contributed by atoms with Gasteiger partial charge in [-0.1, -0.05) is 12.1 Å². The molecule has 0 radical (unpaired) electrons. The summed E-state index contributed by atoms with van der Waals surface area (Å²) < 4.78 is 0. The number of aliphatic hydroxyl groups is 5. The summed E-state index contributed by atoms with van der Waals surface area (Å²) in [4.78, 5) is 11.0. The number of nitrogens with one attached hydrogen (secondary N) is 1. The van der Waals surface area contributed by atoms with Gasteiger partial charge in [-0.2, -0.15) is 0 Å². The van der Waals surface area contributed by atoms with E-state index in [1.54, 1.807) is 12.1 Å². The van der Waals surface area contributed by atoms with Gasteiger partial charge in [0.1, 0.15) is 18.3 Å². The number of carboxylic acid groups (broad SMARTS) is 1. The maximum Gasteiger partial charge on any atom is 0.337 e. The number of hydrogen-bond acceptors (Lipinski definition) is 7. The van der Waals surface area contributed by atoms with E-state index in [2.05, 4.69) is 5.32 Å². The fourth-order valence-corrected chi connectivity index (χ4v) is 1.72. The molecule has 0 aliphatic rings. The summed E-state index contributed by atoms with van der Waals surface area (Å²) in [6, 6.07) is 6.00. The molecule has 0 saturated carbocycles. The molecule has 0 heterocycles. The van der Waals surface area contributed by atoms with Gasteiger partial charge in [-0.15, -0.1) is 0 Å².